The Morgan fingerprint density at radius 1 is 1.18 bits per heavy atom. The summed E-state index contributed by atoms with van der Waals surface area (Å²) >= 11 is 6.14. The SMILES string of the molecule is CCc1nc2ccc(Cl)cn2c1C(=O)NC1CCN(Cc2ccccc2)CC1. The number of benzene rings is 1. The number of hydrogen-bond acceptors (Lipinski definition) is 3. The van der Waals surface area contributed by atoms with Crippen LogP contribution in [0.4, 0.5) is 0 Å². The Morgan fingerprint density at radius 3 is 2.64 bits per heavy atom. The van der Waals surface area contributed by atoms with Crippen LogP contribution in [0.1, 0.15) is 41.5 Å². The highest BCUT2D eigenvalue weighted by Gasteiger charge is 2.24. The minimum Gasteiger partial charge on any atom is -0.348 e. The third-order valence-corrected chi connectivity index (χ3v) is 5.60. The van der Waals surface area contributed by atoms with Crippen LogP contribution in [-0.4, -0.2) is 39.3 Å². The van der Waals surface area contributed by atoms with Crippen LogP contribution in [0.15, 0.2) is 48.7 Å². The number of aromatic nitrogens is 2. The lowest BCUT2D eigenvalue weighted by atomic mass is 10.0. The van der Waals surface area contributed by atoms with Gasteiger partial charge in [-0.25, -0.2) is 4.98 Å². The molecule has 1 aliphatic rings. The van der Waals surface area contributed by atoms with Crippen LogP contribution < -0.4 is 5.32 Å². The van der Waals surface area contributed by atoms with Gasteiger partial charge in [0.2, 0.25) is 0 Å². The first-order valence-corrected chi connectivity index (χ1v) is 10.3. The minimum atomic E-state index is -0.0619. The van der Waals surface area contributed by atoms with E-state index in [1.165, 1.54) is 5.56 Å². The second-order valence-electron chi connectivity index (χ2n) is 7.35. The second kappa shape index (κ2) is 8.33. The van der Waals surface area contributed by atoms with E-state index in [0.717, 1.165) is 43.8 Å². The lowest BCUT2D eigenvalue weighted by Gasteiger charge is -2.32. The number of piperidine rings is 1. The van der Waals surface area contributed by atoms with Crippen LogP contribution in [0.2, 0.25) is 5.02 Å². The first kappa shape index (κ1) is 19.0. The van der Waals surface area contributed by atoms with Crippen LogP contribution >= 0.6 is 11.6 Å². The van der Waals surface area contributed by atoms with E-state index in [1.54, 1.807) is 16.7 Å². The fourth-order valence-corrected chi connectivity index (χ4v) is 4.05. The summed E-state index contributed by atoms with van der Waals surface area (Å²) in [5.41, 5.74) is 3.50. The number of halogens is 1. The van der Waals surface area contributed by atoms with Crippen molar-refractivity contribution in [2.45, 2.75) is 38.8 Å². The highest BCUT2D eigenvalue weighted by Crippen LogP contribution is 2.19. The number of fused-ring (bicyclic) bond motifs is 1. The fraction of sp³-hybridized carbons (Fsp3) is 0.364. The van der Waals surface area contributed by atoms with E-state index in [0.29, 0.717) is 17.1 Å². The topological polar surface area (TPSA) is 49.6 Å². The first-order chi connectivity index (χ1) is 13.6. The van der Waals surface area contributed by atoms with Crippen LogP contribution in [-0.2, 0) is 13.0 Å². The van der Waals surface area contributed by atoms with Gasteiger partial charge in [-0.05, 0) is 37.0 Å². The van der Waals surface area contributed by atoms with Crippen LogP contribution in [0.5, 0.6) is 0 Å². The Kier molecular flexibility index (Phi) is 5.64. The normalized spacial score (nSPS) is 15.8. The molecule has 0 radical (unpaired) electrons. The van der Waals surface area contributed by atoms with Gasteiger partial charge in [0.1, 0.15) is 11.3 Å². The molecule has 4 rings (SSSR count). The number of nitrogens with one attached hydrogen (secondary N) is 1. The molecule has 5 nitrogen and oxygen atoms in total. The van der Waals surface area contributed by atoms with Gasteiger partial charge < -0.3 is 5.32 Å². The number of amides is 1. The molecule has 1 amide bonds. The van der Waals surface area contributed by atoms with Crippen molar-refractivity contribution in [3.05, 3.63) is 70.6 Å². The van der Waals surface area contributed by atoms with E-state index in [2.05, 4.69) is 39.5 Å². The number of rotatable bonds is 5. The van der Waals surface area contributed by atoms with Crippen molar-refractivity contribution >= 4 is 23.2 Å². The number of carbonyl (C=O) groups is 1. The molecule has 1 aromatic carbocycles. The number of nitrogens with zero attached hydrogens (tertiary/aromatic N) is 3. The van der Waals surface area contributed by atoms with Crippen molar-refractivity contribution in [1.82, 2.24) is 19.6 Å². The van der Waals surface area contributed by atoms with E-state index in [1.807, 2.05) is 19.1 Å². The van der Waals surface area contributed by atoms with Crippen molar-refractivity contribution in [3.8, 4) is 0 Å². The van der Waals surface area contributed by atoms with E-state index >= 15 is 0 Å². The van der Waals surface area contributed by atoms with Gasteiger partial charge in [0.15, 0.2) is 0 Å². The van der Waals surface area contributed by atoms with Crippen molar-refractivity contribution in [3.63, 3.8) is 0 Å². The number of aryl methyl sites for hydroxylation is 1. The zero-order chi connectivity index (χ0) is 19.5. The maximum Gasteiger partial charge on any atom is 0.270 e. The molecule has 0 unspecified atom stereocenters. The fourth-order valence-electron chi connectivity index (χ4n) is 3.89. The molecule has 0 bridgehead atoms. The monoisotopic (exact) mass is 396 g/mol. The molecule has 146 valence electrons. The van der Waals surface area contributed by atoms with Gasteiger partial charge in [0, 0.05) is 31.9 Å². The largest absolute Gasteiger partial charge is 0.348 e. The van der Waals surface area contributed by atoms with Crippen LogP contribution in [0.25, 0.3) is 5.65 Å². The average Bonchev–Trinajstić information content (AvgIpc) is 3.08. The van der Waals surface area contributed by atoms with Crippen LogP contribution in [0, 0.1) is 0 Å². The quantitative estimate of drug-likeness (QED) is 0.710. The zero-order valence-electron chi connectivity index (χ0n) is 16.1. The van der Waals surface area contributed by atoms with Crippen molar-refractivity contribution < 1.29 is 4.79 Å². The summed E-state index contributed by atoms with van der Waals surface area (Å²) < 4.78 is 1.81. The standard InChI is InChI=1S/C22H25ClN4O/c1-2-19-21(27-15-17(23)8-9-20(27)25-19)22(28)24-18-10-12-26(13-11-18)14-16-6-4-3-5-7-16/h3-9,15,18H,2,10-14H2,1H3,(H,24,28). The van der Waals surface area contributed by atoms with Crippen LogP contribution in [0.3, 0.4) is 0 Å². The third-order valence-electron chi connectivity index (χ3n) is 5.38. The molecule has 2 aromatic heterocycles. The van der Waals surface area contributed by atoms with Crippen molar-refractivity contribution in [1.29, 1.82) is 0 Å². The summed E-state index contributed by atoms with van der Waals surface area (Å²) in [6.45, 7) is 4.95. The van der Waals surface area contributed by atoms with Crippen molar-refractivity contribution in [2.75, 3.05) is 13.1 Å². The number of imidazole rings is 1. The van der Waals surface area contributed by atoms with Gasteiger partial charge in [0.25, 0.3) is 5.91 Å². The van der Waals surface area contributed by atoms with Gasteiger partial charge in [-0.1, -0.05) is 48.9 Å². The van der Waals surface area contributed by atoms with E-state index in [9.17, 15) is 4.79 Å². The molecule has 1 aliphatic heterocycles. The van der Waals surface area contributed by atoms with E-state index < -0.39 is 0 Å². The smallest absolute Gasteiger partial charge is 0.270 e. The molecule has 0 atom stereocenters. The van der Waals surface area contributed by atoms with Crippen molar-refractivity contribution in [2.24, 2.45) is 0 Å². The van der Waals surface area contributed by atoms with Gasteiger partial charge >= 0.3 is 0 Å². The number of likely N-dealkylation sites (tertiary alicyclic amines) is 1. The number of pyridine rings is 1. The summed E-state index contributed by atoms with van der Waals surface area (Å²) in [4.78, 5) is 20.1. The predicted molar refractivity (Wildman–Crippen MR) is 112 cm³/mol. The molecule has 0 spiro atoms. The van der Waals surface area contributed by atoms with Gasteiger partial charge in [0.05, 0.1) is 10.7 Å². The van der Waals surface area contributed by atoms with E-state index in [4.69, 9.17) is 11.6 Å². The Morgan fingerprint density at radius 2 is 1.93 bits per heavy atom. The molecular weight excluding hydrogens is 372 g/mol. The van der Waals surface area contributed by atoms with Gasteiger partial charge in [-0.3, -0.25) is 14.1 Å². The lowest BCUT2D eigenvalue weighted by Crippen LogP contribution is -2.44. The zero-order valence-corrected chi connectivity index (χ0v) is 16.8. The Labute approximate surface area is 170 Å². The Bertz CT molecular complexity index is 961. The maximum atomic E-state index is 13.0. The summed E-state index contributed by atoms with van der Waals surface area (Å²) in [7, 11) is 0. The van der Waals surface area contributed by atoms with Gasteiger partial charge in [-0.15, -0.1) is 0 Å². The highest BCUT2D eigenvalue weighted by atomic mass is 35.5. The summed E-state index contributed by atoms with van der Waals surface area (Å²) in [6.07, 6.45) is 4.38. The number of carbonyl (C=O) groups excluding carboxylic acids is 1. The molecule has 0 aliphatic carbocycles. The average molecular weight is 397 g/mol. The summed E-state index contributed by atoms with van der Waals surface area (Å²) in [6, 6.07) is 14.4. The maximum absolute atomic E-state index is 13.0. The Balaban J connectivity index is 1.41. The highest BCUT2D eigenvalue weighted by molar-refractivity contribution is 6.30. The number of hydrogen-bond donors (Lipinski definition) is 1. The molecule has 0 saturated carbocycles. The first-order valence-electron chi connectivity index (χ1n) is 9.87. The lowest BCUT2D eigenvalue weighted by molar-refractivity contribution is 0.0902. The molecule has 1 fully saturated rings. The summed E-state index contributed by atoms with van der Waals surface area (Å²) in [5, 5.41) is 3.82. The minimum absolute atomic E-state index is 0.0619. The molecule has 1 saturated heterocycles. The molecule has 28 heavy (non-hydrogen) atoms. The molecule has 1 N–H and O–H groups in total. The molecular formula is C22H25ClN4O. The van der Waals surface area contributed by atoms with Gasteiger partial charge in [-0.2, -0.15) is 0 Å². The Hall–Kier alpha value is -2.37. The third kappa shape index (κ3) is 4.05. The van der Waals surface area contributed by atoms with E-state index in [-0.39, 0.29) is 11.9 Å². The molecule has 3 heterocycles. The summed E-state index contributed by atoms with van der Waals surface area (Å²) in [5.74, 6) is -0.0619. The predicted octanol–water partition coefficient (Wildman–Crippen LogP) is 3.94. The second-order valence-corrected chi connectivity index (χ2v) is 7.78. The molecule has 6 heteroatoms. The molecule has 3 aromatic rings.